The Labute approximate surface area is 174 Å². The maximum absolute atomic E-state index is 12.6. The number of ether oxygens (including phenoxy) is 1. The van der Waals surface area contributed by atoms with E-state index in [4.69, 9.17) is 9.15 Å². The van der Waals surface area contributed by atoms with Crippen LogP contribution in [0.15, 0.2) is 74.2 Å². The third-order valence-electron chi connectivity index (χ3n) is 4.35. The zero-order valence-corrected chi connectivity index (χ0v) is 17.1. The van der Waals surface area contributed by atoms with Crippen molar-refractivity contribution in [2.45, 2.75) is 10.9 Å². The van der Waals surface area contributed by atoms with Crippen molar-refractivity contribution in [2.75, 3.05) is 11.8 Å². The first kappa shape index (κ1) is 19.9. The summed E-state index contributed by atoms with van der Waals surface area (Å²) in [5, 5.41) is 1.85. The lowest BCUT2D eigenvalue weighted by Crippen LogP contribution is -2.28. The molecule has 0 radical (unpaired) electrons. The fraction of sp³-hybridized carbons (Fsp3) is 0.105. The summed E-state index contributed by atoms with van der Waals surface area (Å²) in [7, 11) is -2.71. The van der Waals surface area contributed by atoms with E-state index in [-0.39, 0.29) is 21.1 Å². The minimum Gasteiger partial charge on any atom is -0.467 e. The van der Waals surface area contributed by atoms with Crippen LogP contribution in [0.25, 0.3) is 11.1 Å². The molecule has 154 valence electrons. The molecule has 0 fully saturated rings. The Kier molecular flexibility index (Phi) is 5.14. The van der Waals surface area contributed by atoms with Gasteiger partial charge in [-0.05, 0) is 17.7 Å². The van der Waals surface area contributed by atoms with Gasteiger partial charge in [0.05, 0.1) is 17.5 Å². The SMILES string of the molecule is COC(=O)C(c1ccccc1)n1c(=O)oc2cc(S(=O)(=O)Nc3nccs3)ccc21. The summed E-state index contributed by atoms with van der Waals surface area (Å²) >= 11 is 1.13. The topological polar surface area (TPSA) is 120 Å². The lowest BCUT2D eigenvalue weighted by molar-refractivity contribution is -0.143. The molecule has 30 heavy (non-hydrogen) atoms. The number of thiazole rings is 1. The van der Waals surface area contributed by atoms with E-state index in [9.17, 15) is 18.0 Å². The molecule has 2 aromatic heterocycles. The fourth-order valence-corrected chi connectivity index (χ4v) is 4.82. The number of sulfonamides is 1. The van der Waals surface area contributed by atoms with Gasteiger partial charge in [-0.1, -0.05) is 30.3 Å². The second-order valence-electron chi connectivity index (χ2n) is 6.15. The molecule has 0 aliphatic rings. The summed E-state index contributed by atoms with van der Waals surface area (Å²) in [5.74, 6) is -1.47. The predicted octanol–water partition coefficient (Wildman–Crippen LogP) is 2.61. The smallest absolute Gasteiger partial charge is 0.421 e. The van der Waals surface area contributed by atoms with Crippen molar-refractivity contribution < 1.29 is 22.4 Å². The van der Waals surface area contributed by atoms with Gasteiger partial charge < -0.3 is 9.15 Å². The van der Waals surface area contributed by atoms with Crippen molar-refractivity contribution in [1.29, 1.82) is 0 Å². The highest BCUT2D eigenvalue weighted by Gasteiger charge is 2.29. The summed E-state index contributed by atoms with van der Waals surface area (Å²) in [6.07, 6.45) is 1.47. The van der Waals surface area contributed by atoms with Crippen LogP contribution in [-0.2, 0) is 19.6 Å². The highest BCUT2D eigenvalue weighted by atomic mass is 32.2. The highest BCUT2D eigenvalue weighted by Crippen LogP contribution is 2.26. The minimum atomic E-state index is -3.94. The summed E-state index contributed by atoms with van der Waals surface area (Å²) in [4.78, 5) is 28.9. The monoisotopic (exact) mass is 445 g/mol. The molecule has 1 atom stereocenters. The van der Waals surface area contributed by atoms with E-state index >= 15 is 0 Å². The van der Waals surface area contributed by atoms with Crippen LogP contribution in [-0.4, -0.2) is 31.0 Å². The third-order valence-corrected chi connectivity index (χ3v) is 6.50. The first-order valence-corrected chi connectivity index (χ1v) is 11.0. The number of carbonyl (C=O) groups is 1. The molecule has 4 rings (SSSR count). The van der Waals surface area contributed by atoms with Gasteiger partial charge >= 0.3 is 11.7 Å². The molecular weight excluding hydrogens is 430 g/mol. The van der Waals surface area contributed by atoms with Gasteiger partial charge in [0.2, 0.25) is 0 Å². The number of rotatable bonds is 6. The quantitative estimate of drug-likeness (QED) is 0.453. The number of nitrogens with zero attached hydrogens (tertiary/aromatic N) is 2. The van der Waals surface area contributed by atoms with E-state index in [0.717, 1.165) is 15.9 Å². The van der Waals surface area contributed by atoms with E-state index < -0.39 is 27.8 Å². The molecule has 4 aromatic rings. The maximum atomic E-state index is 12.6. The van der Waals surface area contributed by atoms with Crippen molar-refractivity contribution in [2.24, 2.45) is 0 Å². The van der Waals surface area contributed by atoms with Crippen LogP contribution in [0.5, 0.6) is 0 Å². The van der Waals surface area contributed by atoms with Gasteiger partial charge in [-0.3, -0.25) is 9.29 Å². The van der Waals surface area contributed by atoms with Gasteiger partial charge in [0.1, 0.15) is 0 Å². The summed E-state index contributed by atoms with van der Waals surface area (Å²) in [6, 6.07) is 11.5. The number of hydrogen-bond acceptors (Lipinski definition) is 8. The van der Waals surface area contributed by atoms with Crippen LogP contribution in [0.1, 0.15) is 11.6 Å². The first-order valence-electron chi connectivity index (χ1n) is 8.61. The first-order chi connectivity index (χ1) is 14.4. The Morgan fingerprint density at radius 2 is 2.00 bits per heavy atom. The molecule has 0 amide bonds. The molecule has 2 aromatic carbocycles. The number of carbonyl (C=O) groups excluding carboxylic acids is 1. The molecule has 0 aliphatic heterocycles. The average Bonchev–Trinajstić information content (AvgIpc) is 3.35. The second kappa shape index (κ2) is 7.76. The van der Waals surface area contributed by atoms with E-state index in [2.05, 4.69) is 9.71 Å². The molecule has 0 saturated heterocycles. The Hall–Kier alpha value is -3.44. The zero-order valence-electron chi connectivity index (χ0n) is 15.5. The maximum Gasteiger partial charge on any atom is 0.421 e. The standard InChI is InChI=1S/C19H15N3O6S2/c1-27-17(23)16(12-5-3-2-4-6-12)22-14-8-7-13(11-15(14)28-19(22)24)30(25,26)21-18-20-9-10-29-18/h2-11,16H,1H3,(H,20,21). The fourth-order valence-electron chi connectivity index (χ4n) is 3.01. The lowest BCUT2D eigenvalue weighted by Gasteiger charge is -2.16. The molecule has 9 nitrogen and oxygen atoms in total. The molecule has 0 spiro atoms. The van der Waals surface area contributed by atoms with Gasteiger partial charge in [-0.15, -0.1) is 11.3 Å². The normalized spacial score (nSPS) is 12.6. The number of oxazole rings is 1. The lowest BCUT2D eigenvalue weighted by atomic mass is 10.1. The number of fused-ring (bicyclic) bond motifs is 1. The number of methoxy groups -OCH3 is 1. The van der Waals surface area contributed by atoms with Crippen LogP contribution >= 0.6 is 11.3 Å². The van der Waals surface area contributed by atoms with E-state index in [1.54, 1.807) is 35.7 Å². The van der Waals surface area contributed by atoms with Crippen LogP contribution in [0.4, 0.5) is 5.13 Å². The van der Waals surface area contributed by atoms with E-state index in [0.29, 0.717) is 5.56 Å². The van der Waals surface area contributed by atoms with Crippen LogP contribution in [0.3, 0.4) is 0 Å². The van der Waals surface area contributed by atoms with Gasteiger partial charge in [0.25, 0.3) is 10.0 Å². The molecule has 11 heteroatoms. The molecule has 0 aliphatic carbocycles. The number of esters is 1. The molecule has 0 saturated carbocycles. The number of aromatic nitrogens is 2. The molecule has 2 heterocycles. The van der Waals surface area contributed by atoms with Gasteiger partial charge in [0, 0.05) is 17.6 Å². The highest BCUT2D eigenvalue weighted by molar-refractivity contribution is 7.93. The van der Waals surface area contributed by atoms with Gasteiger partial charge in [-0.2, -0.15) is 0 Å². The van der Waals surface area contributed by atoms with Crippen molar-refractivity contribution in [3.05, 3.63) is 76.2 Å². The molecule has 0 bridgehead atoms. The van der Waals surface area contributed by atoms with Crippen LogP contribution in [0.2, 0.25) is 0 Å². The molecule has 1 N–H and O–H groups in total. The minimum absolute atomic E-state index is 0.0202. The predicted molar refractivity (Wildman–Crippen MR) is 110 cm³/mol. The van der Waals surface area contributed by atoms with E-state index in [1.807, 2.05) is 0 Å². The average molecular weight is 445 g/mol. The Bertz CT molecular complexity index is 1360. The summed E-state index contributed by atoms with van der Waals surface area (Å²) in [5.41, 5.74) is 0.801. The number of benzene rings is 2. The largest absolute Gasteiger partial charge is 0.467 e. The third kappa shape index (κ3) is 3.60. The second-order valence-corrected chi connectivity index (χ2v) is 8.72. The van der Waals surface area contributed by atoms with Crippen LogP contribution < -0.4 is 10.5 Å². The molecular formula is C19H15N3O6S2. The Morgan fingerprint density at radius 1 is 1.23 bits per heavy atom. The van der Waals surface area contributed by atoms with Gasteiger partial charge in [0.15, 0.2) is 16.8 Å². The number of anilines is 1. The van der Waals surface area contributed by atoms with Gasteiger partial charge in [-0.25, -0.2) is 23.0 Å². The summed E-state index contributed by atoms with van der Waals surface area (Å²) in [6.45, 7) is 0. The van der Waals surface area contributed by atoms with E-state index in [1.165, 1.54) is 31.5 Å². The van der Waals surface area contributed by atoms with Crippen molar-refractivity contribution in [1.82, 2.24) is 9.55 Å². The van der Waals surface area contributed by atoms with Crippen molar-refractivity contribution in [3.63, 3.8) is 0 Å². The van der Waals surface area contributed by atoms with Crippen LogP contribution in [0, 0.1) is 0 Å². The number of nitrogens with one attached hydrogen (secondary N) is 1. The number of hydrogen-bond donors (Lipinski definition) is 1. The Morgan fingerprint density at radius 3 is 2.67 bits per heavy atom. The Balaban J connectivity index is 1.82. The summed E-state index contributed by atoms with van der Waals surface area (Å²) < 4.78 is 38.8. The molecule has 1 unspecified atom stereocenters. The van der Waals surface area contributed by atoms with Crippen molar-refractivity contribution in [3.8, 4) is 0 Å². The zero-order chi connectivity index (χ0) is 21.3. The van der Waals surface area contributed by atoms with Crippen molar-refractivity contribution >= 4 is 43.6 Å².